The second-order valence-corrected chi connectivity index (χ2v) is 8.97. The molecule has 10 heteroatoms. The monoisotopic (exact) mass is 481 g/mol. The minimum absolute atomic E-state index is 0.139. The van der Waals surface area contributed by atoms with Gasteiger partial charge in [0.25, 0.3) is 0 Å². The zero-order chi connectivity index (χ0) is 24.2. The van der Waals surface area contributed by atoms with Crippen molar-refractivity contribution in [1.82, 2.24) is 10.6 Å². The van der Waals surface area contributed by atoms with Crippen molar-refractivity contribution >= 4 is 41.3 Å². The molecule has 2 aromatic carbocycles. The number of ether oxygens (including phenoxy) is 2. The Morgan fingerprint density at radius 1 is 1.00 bits per heavy atom. The summed E-state index contributed by atoms with van der Waals surface area (Å²) in [6.45, 7) is 3.27. The molecule has 176 valence electrons. The summed E-state index contributed by atoms with van der Waals surface area (Å²) in [6, 6.07) is 12.6. The summed E-state index contributed by atoms with van der Waals surface area (Å²) in [5.74, 6) is -1.44. The Kier molecular flexibility index (Phi) is 6.87. The fourth-order valence-electron chi connectivity index (χ4n) is 3.63. The van der Waals surface area contributed by atoms with Crippen LogP contribution in [-0.4, -0.2) is 42.3 Å². The van der Waals surface area contributed by atoms with Crippen LogP contribution >= 0.6 is 11.8 Å². The van der Waals surface area contributed by atoms with E-state index in [1.807, 2.05) is 6.07 Å². The molecule has 2 heterocycles. The van der Waals surface area contributed by atoms with Gasteiger partial charge in [-0.05, 0) is 37.6 Å². The van der Waals surface area contributed by atoms with E-state index in [0.717, 1.165) is 4.90 Å². The topological polar surface area (TPSA) is 123 Å². The molecule has 34 heavy (non-hydrogen) atoms. The highest BCUT2D eigenvalue weighted by atomic mass is 32.2. The summed E-state index contributed by atoms with van der Waals surface area (Å²) in [7, 11) is 0. The van der Waals surface area contributed by atoms with Gasteiger partial charge in [-0.3, -0.25) is 4.79 Å². The molecule has 2 aliphatic rings. The molecular formula is C24H23N3O6S. The summed E-state index contributed by atoms with van der Waals surface area (Å²) in [5.41, 5.74) is 1.74. The number of esters is 2. The number of urea groups is 1. The maximum atomic E-state index is 12.8. The van der Waals surface area contributed by atoms with Crippen LogP contribution in [-0.2, 0) is 19.1 Å². The molecule has 4 rings (SSSR count). The number of carbonyl (C=O) groups excluding carboxylic acids is 4. The number of amides is 3. The predicted molar refractivity (Wildman–Crippen MR) is 125 cm³/mol. The van der Waals surface area contributed by atoms with Gasteiger partial charge < -0.3 is 25.4 Å². The molecule has 0 unspecified atom stereocenters. The predicted octanol–water partition coefficient (Wildman–Crippen LogP) is 3.15. The van der Waals surface area contributed by atoms with E-state index in [9.17, 15) is 19.2 Å². The molecule has 0 saturated carbocycles. The van der Waals surface area contributed by atoms with Crippen molar-refractivity contribution in [3.8, 4) is 0 Å². The normalized spacial score (nSPS) is 19.4. The van der Waals surface area contributed by atoms with Gasteiger partial charge >= 0.3 is 18.0 Å². The standard InChI is InChI=1S/C24H23N3O6S/c1-3-32-23(30)19-17(26-24(31)27-20(19)14-7-5-4-6-8-14)12-33-22(29)15-9-10-18-16(11-15)25-21(28)13(2)34-18/h4-11,13,20H,3,12H2,1-2H3,(H,25,28)(H2,26,27,31)/t13-,20-/m1/s1. The second kappa shape index (κ2) is 10.0. The van der Waals surface area contributed by atoms with Crippen LogP contribution in [0.1, 0.15) is 35.8 Å². The zero-order valence-corrected chi connectivity index (χ0v) is 19.4. The molecule has 0 saturated heterocycles. The van der Waals surface area contributed by atoms with Crippen LogP contribution in [0.4, 0.5) is 10.5 Å². The van der Waals surface area contributed by atoms with Crippen LogP contribution in [0.3, 0.4) is 0 Å². The van der Waals surface area contributed by atoms with Crippen LogP contribution in [0.25, 0.3) is 0 Å². The molecule has 3 amide bonds. The van der Waals surface area contributed by atoms with E-state index in [2.05, 4.69) is 16.0 Å². The summed E-state index contributed by atoms with van der Waals surface area (Å²) in [4.78, 5) is 50.7. The summed E-state index contributed by atoms with van der Waals surface area (Å²) < 4.78 is 10.6. The van der Waals surface area contributed by atoms with Gasteiger partial charge in [-0.2, -0.15) is 0 Å². The minimum Gasteiger partial charge on any atom is -0.463 e. The lowest BCUT2D eigenvalue weighted by molar-refractivity contribution is -0.139. The summed E-state index contributed by atoms with van der Waals surface area (Å²) >= 11 is 1.41. The first-order valence-electron chi connectivity index (χ1n) is 10.7. The maximum Gasteiger partial charge on any atom is 0.338 e. The largest absolute Gasteiger partial charge is 0.463 e. The van der Waals surface area contributed by atoms with Crippen molar-refractivity contribution in [1.29, 1.82) is 0 Å². The third kappa shape index (κ3) is 4.91. The minimum atomic E-state index is -0.763. The van der Waals surface area contributed by atoms with E-state index >= 15 is 0 Å². The molecule has 0 radical (unpaired) electrons. The molecule has 9 nitrogen and oxygen atoms in total. The molecule has 0 aromatic heterocycles. The van der Waals surface area contributed by atoms with E-state index in [1.165, 1.54) is 11.8 Å². The van der Waals surface area contributed by atoms with E-state index in [1.54, 1.807) is 56.3 Å². The van der Waals surface area contributed by atoms with Crippen molar-refractivity contribution in [2.75, 3.05) is 18.5 Å². The highest BCUT2D eigenvalue weighted by Gasteiger charge is 2.34. The summed E-state index contributed by atoms with van der Waals surface area (Å²) in [5, 5.41) is 7.84. The average molecular weight is 482 g/mol. The number of hydrogen-bond acceptors (Lipinski definition) is 7. The highest BCUT2D eigenvalue weighted by Crippen LogP contribution is 2.36. The average Bonchev–Trinajstić information content (AvgIpc) is 2.83. The van der Waals surface area contributed by atoms with Crippen LogP contribution in [0.2, 0.25) is 0 Å². The Balaban J connectivity index is 1.58. The highest BCUT2D eigenvalue weighted by molar-refractivity contribution is 8.00. The number of nitrogens with one attached hydrogen (secondary N) is 3. The second-order valence-electron chi connectivity index (χ2n) is 7.59. The van der Waals surface area contributed by atoms with E-state index in [4.69, 9.17) is 9.47 Å². The van der Waals surface area contributed by atoms with Gasteiger partial charge in [0.15, 0.2) is 0 Å². The summed E-state index contributed by atoms with van der Waals surface area (Å²) in [6.07, 6.45) is 0. The number of thioether (sulfide) groups is 1. The smallest absolute Gasteiger partial charge is 0.338 e. The van der Waals surface area contributed by atoms with Crippen molar-refractivity contribution in [3.05, 3.63) is 70.9 Å². The van der Waals surface area contributed by atoms with Gasteiger partial charge in [0.05, 0.1) is 40.4 Å². The number of rotatable bonds is 6. The van der Waals surface area contributed by atoms with Crippen LogP contribution in [0.15, 0.2) is 64.7 Å². The van der Waals surface area contributed by atoms with Crippen molar-refractivity contribution < 1.29 is 28.7 Å². The zero-order valence-electron chi connectivity index (χ0n) is 18.5. The number of carbonyl (C=O) groups is 4. The molecule has 2 aromatic rings. The van der Waals surface area contributed by atoms with Gasteiger partial charge in [-0.1, -0.05) is 30.3 Å². The fraction of sp³-hybridized carbons (Fsp3) is 0.250. The van der Waals surface area contributed by atoms with Crippen molar-refractivity contribution in [2.24, 2.45) is 0 Å². The number of anilines is 1. The third-order valence-electron chi connectivity index (χ3n) is 5.28. The Morgan fingerprint density at radius 3 is 2.50 bits per heavy atom. The molecule has 2 aliphatic heterocycles. The van der Waals surface area contributed by atoms with Gasteiger partial charge in [0.2, 0.25) is 5.91 Å². The Hall–Kier alpha value is -3.79. The molecular weight excluding hydrogens is 458 g/mol. The molecule has 3 N–H and O–H groups in total. The first-order chi connectivity index (χ1) is 16.4. The number of fused-ring (bicyclic) bond motifs is 1. The quantitative estimate of drug-likeness (QED) is 0.542. The first kappa shape index (κ1) is 23.4. The molecule has 0 spiro atoms. The van der Waals surface area contributed by atoms with Crippen LogP contribution < -0.4 is 16.0 Å². The Labute approximate surface area is 200 Å². The number of hydrogen-bond donors (Lipinski definition) is 3. The molecule has 0 fully saturated rings. The van der Waals surface area contributed by atoms with E-state index < -0.39 is 24.0 Å². The maximum absolute atomic E-state index is 12.8. The first-order valence-corrected chi connectivity index (χ1v) is 11.6. The number of benzene rings is 2. The van der Waals surface area contributed by atoms with E-state index in [0.29, 0.717) is 11.3 Å². The van der Waals surface area contributed by atoms with E-state index in [-0.39, 0.29) is 41.2 Å². The van der Waals surface area contributed by atoms with Crippen molar-refractivity contribution in [3.63, 3.8) is 0 Å². The molecule has 0 bridgehead atoms. The van der Waals surface area contributed by atoms with Crippen molar-refractivity contribution in [2.45, 2.75) is 30.0 Å². The molecule has 0 aliphatic carbocycles. The van der Waals surface area contributed by atoms with Gasteiger partial charge in [-0.15, -0.1) is 11.8 Å². The van der Waals surface area contributed by atoms with Crippen LogP contribution in [0.5, 0.6) is 0 Å². The fourth-order valence-corrected chi connectivity index (χ4v) is 4.56. The molecule has 2 atom stereocenters. The lowest BCUT2D eigenvalue weighted by Gasteiger charge is -2.29. The lowest BCUT2D eigenvalue weighted by atomic mass is 9.95. The van der Waals surface area contributed by atoms with Crippen LogP contribution in [0, 0.1) is 0 Å². The van der Waals surface area contributed by atoms with Gasteiger partial charge in [-0.25, -0.2) is 14.4 Å². The Morgan fingerprint density at radius 2 is 1.76 bits per heavy atom. The Bertz CT molecular complexity index is 1180. The third-order valence-corrected chi connectivity index (χ3v) is 6.45. The van der Waals surface area contributed by atoms with Gasteiger partial charge in [0.1, 0.15) is 6.61 Å². The SMILES string of the molecule is CCOC(=O)C1=C(COC(=O)c2ccc3c(c2)NC(=O)[C@@H](C)S3)NC(=O)N[C@@H]1c1ccccc1. The van der Waals surface area contributed by atoms with Gasteiger partial charge in [0, 0.05) is 4.90 Å². The lowest BCUT2D eigenvalue weighted by Crippen LogP contribution is -2.47.